The highest BCUT2D eigenvalue weighted by Crippen LogP contribution is 2.28. The molecule has 0 spiro atoms. The highest BCUT2D eigenvalue weighted by atomic mass is 16.2. The summed E-state index contributed by atoms with van der Waals surface area (Å²) in [5.74, 6) is -0.409. The van der Waals surface area contributed by atoms with Crippen molar-refractivity contribution in [3.05, 3.63) is 91.1 Å². The summed E-state index contributed by atoms with van der Waals surface area (Å²) in [7, 11) is 0. The number of aromatic nitrogens is 5. The van der Waals surface area contributed by atoms with Crippen LogP contribution in [0.15, 0.2) is 85.5 Å². The number of benzene rings is 2. The normalized spacial score (nSPS) is 10.9. The molecule has 3 heterocycles. The molecule has 2 N–H and O–H groups in total. The maximum Gasteiger partial charge on any atom is 0.271 e. The number of nitrogens with zero attached hydrogens (tertiary/aromatic N) is 5. The number of aryl methyl sites for hydroxylation is 1. The van der Waals surface area contributed by atoms with Gasteiger partial charge in [-0.2, -0.15) is 5.10 Å². The minimum Gasteiger partial charge on any atom is -0.351 e. The van der Waals surface area contributed by atoms with Crippen LogP contribution >= 0.6 is 0 Å². The van der Waals surface area contributed by atoms with E-state index in [0.717, 1.165) is 35.5 Å². The van der Waals surface area contributed by atoms with Crippen molar-refractivity contribution in [1.82, 2.24) is 29.5 Å². The van der Waals surface area contributed by atoms with E-state index < -0.39 is 0 Å². The van der Waals surface area contributed by atoms with Crippen LogP contribution in [0.4, 0.5) is 5.69 Å². The van der Waals surface area contributed by atoms with Gasteiger partial charge in [-0.25, -0.2) is 14.5 Å². The highest BCUT2D eigenvalue weighted by Gasteiger charge is 2.16. The van der Waals surface area contributed by atoms with E-state index >= 15 is 0 Å². The van der Waals surface area contributed by atoms with E-state index in [-0.39, 0.29) is 17.5 Å². The van der Waals surface area contributed by atoms with Crippen molar-refractivity contribution in [3.63, 3.8) is 0 Å². The topological polar surface area (TPSA) is 106 Å². The van der Waals surface area contributed by atoms with E-state index in [9.17, 15) is 9.59 Å². The lowest BCUT2D eigenvalue weighted by Crippen LogP contribution is -2.25. The average molecular weight is 480 g/mol. The van der Waals surface area contributed by atoms with Gasteiger partial charge in [0.2, 0.25) is 5.91 Å². The number of rotatable bonds is 8. The first-order valence-electron chi connectivity index (χ1n) is 11.6. The summed E-state index contributed by atoms with van der Waals surface area (Å²) in [6.07, 6.45) is 6.15. The second-order valence-corrected chi connectivity index (χ2v) is 8.36. The van der Waals surface area contributed by atoms with Gasteiger partial charge in [0.15, 0.2) is 11.3 Å². The van der Waals surface area contributed by atoms with E-state index in [0.29, 0.717) is 17.9 Å². The van der Waals surface area contributed by atoms with E-state index in [1.165, 1.54) is 6.92 Å². The molecule has 0 saturated carbocycles. The maximum atomic E-state index is 12.9. The fourth-order valence-corrected chi connectivity index (χ4v) is 3.98. The molecule has 0 fully saturated rings. The number of anilines is 1. The second-order valence-electron chi connectivity index (χ2n) is 8.36. The van der Waals surface area contributed by atoms with Crippen molar-refractivity contribution in [3.8, 4) is 22.5 Å². The van der Waals surface area contributed by atoms with Crippen molar-refractivity contribution >= 4 is 23.1 Å². The number of carbonyl (C=O) groups excluding carboxylic acids is 2. The Morgan fingerprint density at radius 1 is 0.972 bits per heavy atom. The monoisotopic (exact) mass is 479 g/mol. The van der Waals surface area contributed by atoms with Crippen LogP contribution in [-0.2, 0) is 11.3 Å². The van der Waals surface area contributed by atoms with Crippen molar-refractivity contribution in [2.45, 2.75) is 19.9 Å². The molecule has 5 aromatic rings. The molecular weight excluding hydrogens is 454 g/mol. The third kappa shape index (κ3) is 5.15. The largest absolute Gasteiger partial charge is 0.351 e. The summed E-state index contributed by atoms with van der Waals surface area (Å²) in [4.78, 5) is 33.3. The van der Waals surface area contributed by atoms with Gasteiger partial charge in [0.1, 0.15) is 0 Å². The Bertz CT molecular complexity index is 1510. The van der Waals surface area contributed by atoms with Crippen LogP contribution < -0.4 is 10.6 Å². The van der Waals surface area contributed by atoms with Crippen LogP contribution in [0.25, 0.3) is 28.2 Å². The molecule has 2 amide bonds. The van der Waals surface area contributed by atoms with Crippen LogP contribution in [0.2, 0.25) is 0 Å². The number of hydrogen-bond acceptors (Lipinski definition) is 5. The Morgan fingerprint density at radius 2 is 1.81 bits per heavy atom. The zero-order chi connectivity index (χ0) is 24.9. The number of imidazole rings is 1. The van der Waals surface area contributed by atoms with Gasteiger partial charge in [-0.3, -0.25) is 9.59 Å². The van der Waals surface area contributed by atoms with Crippen molar-refractivity contribution < 1.29 is 9.59 Å². The number of amides is 2. The van der Waals surface area contributed by atoms with Crippen LogP contribution in [0.5, 0.6) is 0 Å². The summed E-state index contributed by atoms with van der Waals surface area (Å²) in [6.45, 7) is 2.75. The van der Waals surface area contributed by atoms with Crippen LogP contribution in [0.3, 0.4) is 0 Å². The fraction of sp³-hybridized carbons (Fsp3) is 0.148. The minimum absolute atomic E-state index is 0.150. The molecule has 9 nitrogen and oxygen atoms in total. The second kappa shape index (κ2) is 10.2. The zero-order valence-electron chi connectivity index (χ0n) is 19.8. The zero-order valence-corrected chi connectivity index (χ0v) is 19.8. The first-order valence-corrected chi connectivity index (χ1v) is 11.6. The summed E-state index contributed by atoms with van der Waals surface area (Å²) in [6, 6.07) is 21.0. The van der Waals surface area contributed by atoms with Crippen LogP contribution in [0.1, 0.15) is 23.8 Å². The number of nitrogens with one attached hydrogen (secondary N) is 2. The number of fused-ring (bicyclic) bond motifs is 1. The van der Waals surface area contributed by atoms with Gasteiger partial charge in [-0.1, -0.05) is 42.5 Å². The van der Waals surface area contributed by atoms with Crippen molar-refractivity contribution in [2.75, 3.05) is 11.9 Å². The van der Waals surface area contributed by atoms with Gasteiger partial charge in [-0.05, 0) is 24.6 Å². The molecule has 5 rings (SSSR count). The predicted octanol–water partition coefficient (Wildman–Crippen LogP) is 4.04. The molecule has 0 atom stereocenters. The van der Waals surface area contributed by atoms with Gasteiger partial charge in [0, 0.05) is 55.3 Å². The Balaban J connectivity index is 1.48. The van der Waals surface area contributed by atoms with E-state index in [1.807, 2.05) is 71.4 Å². The molecule has 2 aromatic carbocycles. The summed E-state index contributed by atoms with van der Waals surface area (Å²) in [5, 5.41) is 10.3. The lowest BCUT2D eigenvalue weighted by atomic mass is 10.1. The van der Waals surface area contributed by atoms with E-state index in [1.54, 1.807) is 23.1 Å². The van der Waals surface area contributed by atoms with E-state index in [4.69, 9.17) is 4.98 Å². The molecule has 0 aliphatic carbocycles. The lowest BCUT2D eigenvalue weighted by Gasteiger charge is -2.10. The molecule has 36 heavy (non-hydrogen) atoms. The van der Waals surface area contributed by atoms with Gasteiger partial charge in [0.05, 0.1) is 17.7 Å². The van der Waals surface area contributed by atoms with Gasteiger partial charge < -0.3 is 15.2 Å². The standard InChI is InChI=1S/C27H25N7O2/c1-19(35)30-22-10-5-9-21(15-22)25-16-23(20-7-3-2-4-8-20)31-26-17-24(32-34(25)26)27(36)29-11-6-13-33-14-12-28-18-33/h2-5,7-10,12,14-18H,6,11,13H2,1H3,(H,29,36)(H,30,35). The quantitative estimate of drug-likeness (QED) is 0.327. The minimum atomic E-state index is -0.259. The smallest absolute Gasteiger partial charge is 0.271 e. The average Bonchev–Trinajstić information content (AvgIpc) is 3.56. The van der Waals surface area contributed by atoms with Gasteiger partial charge in [0.25, 0.3) is 5.91 Å². The third-order valence-corrected chi connectivity index (χ3v) is 5.65. The molecule has 0 saturated heterocycles. The Kier molecular flexibility index (Phi) is 6.53. The fourth-order valence-electron chi connectivity index (χ4n) is 3.98. The van der Waals surface area contributed by atoms with Crippen LogP contribution in [0, 0.1) is 0 Å². The van der Waals surface area contributed by atoms with E-state index in [2.05, 4.69) is 20.7 Å². The molecule has 0 radical (unpaired) electrons. The number of hydrogen-bond donors (Lipinski definition) is 2. The first-order chi connectivity index (χ1) is 17.6. The molecule has 0 unspecified atom stereocenters. The molecule has 180 valence electrons. The predicted molar refractivity (Wildman–Crippen MR) is 137 cm³/mol. The lowest BCUT2D eigenvalue weighted by molar-refractivity contribution is -0.114. The van der Waals surface area contributed by atoms with Crippen LogP contribution in [-0.4, -0.2) is 42.5 Å². The highest BCUT2D eigenvalue weighted by molar-refractivity contribution is 5.93. The Labute approximate surface area is 207 Å². The molecular formula is C27H25N7O2. The molecule has 9 heteroatoms. The molecule has 0 bridgehead atoms. The first kappa shape index (κ1) is 23.0. The summed E-state index contributed by atoms with van der Waals surface area (Å²) in [5.41, 5.74) is 4.82. The van der Waals surface area contributed by atoms with Crippen molar-refractivity contribution in [2.24, 2.45) is 0 Å². The van der Waals surface area contributed by atoms with Gasteiger partial charge in [-0.15, -0.1) is 0 Å². The summed E-state index contributed by atoms with van der Waals surface area (Å²) >= 11 is 0. The van der Waals surface area contributed by atoms with Gasteiger partial charge >= 0.3 is 0 Å². The molecule has 3 aromatic heterocycles. The molecule has 0 aliphatic heterocycles. The number of carbonyl (C=O) groups is 2. The molecule has 0 aliphatic rings. The summed E-state index contributed by atoms with van der Waals surface area (Å²) < 4.78 is 3.63. The Hall–Kier alpha value is -4.79. The Morgan fingerprint density at radius 3 is 2.58 bits per heavy atom. The van der Waals surface area contributed by atoms with Crippen molar-refractivity contribution in [1.29, 1.82) is 0 Å². The third-order valence-electron chi connectivity index (χ3n) is 5.65. The maximum absolute atomic E-state index is 12.9. The SMILES string of the molecule is CC(=O)Nc1cccc(-c2cc(-c3ccccc3)nc3cc(C(=O)NCCCn4ccnc4)nn23)c1.